The van der Waals surface area contributed by atoms with E-state index in [9.17, 15) is 13.6 Å². The van der Waals surface area contributed by atoms with Crippen molar-refractivity contribution in [2.75, 3.05) is 5.32 Å². The topological polar surface area (TPSA) is 54.9 Å². The smallest absolute Gasteiger partial charge is 0.236 e. The molecule has 0 radical (unpaired) electrons. The lowest BCUT2D eigenvalue weighted by molar-refractivity contribution is -0.121. The lowest BCUT2D eigenvalue weighted by Gasteiger charge is -2.28. The van der Waals surface area contributed by atoms with Crippen LogP contribution in [0.1, 0.15) is 31.2 Å². The molecule has 1 aliphatic rings. The molecule has 1 saturated carbocycles. The molecule has 0 atom stereocenters. The van der Waals surface area contributed by atoms with E-state index >= 15 is 0 Å². The molecule has 0 saturated heterocycles. The molecule has 1 aromatic heterocycles. The second kappa shape index (κ2) is 7.46. The summed E-state index contributed by atoms with van der Waals surface area (Å²) in [6, 6.07) is 15.7. The average Bonchev–Trinajstić information content (AvgIpc) is 3.21. The molecule has 1 N–H and O–H groups in total. The molecule has 142 valence electrons. The Kier molecular flexibility index (Phi) is 4.86. The fraction of sp³-hybridized carbons (Fsp3) is 0.227. The molecule has 6 heteroatoms. The van der Waals surface area contributed by atoms with Gasteiger partial charge in [0.1, 0.15) is 11.6 Å². The maximum Gasteiger partial charge on any atom is 0.236 e. The van der Waals surface area contributed by atoms with Gasteiger partial charge in [0, 0.05) is 5.56 Å². The molecule has 0 aliphatic heterocycles. The van der Waals surface area contributed by atoms with Crippen molar-refractivity contribution in [2.45, 2.75) is 31.1 Å². The van der Waals surface area contributed by atoms with Gasteiger partial charge >= 0.3 is 0 Å². The Labute approximate surface area is 161 Å². The number of halogens is 2. The van der Waals surface area contributed by atoms with Crippen LogP contribution in [0.15, 0.2) is 60.7 Å². The third kappa shape index (κ3) is 3.38. The molecule has 4 nitrogen and oxygen atoms in total. The van der Waals surface area contributed by atoms with Crippen molar-refractivity contribution in [1.29, 1.82) is 0 Å². The molecule has 3 aromatic rings. The molecule has 1 aliphatic carbocycles. The number of hydrogen-bond donors (Lipinski definition) is 1. The summed E-state index contributed by atoms with van der Waals surface area (Å²) in [7, 11) is 0. The van der Waals surface area contributed by atoms with Crippen LogP contribution in [0, 0.1) is 11.6 Å². The summed E-state index contributed by atoms with van der Waals surface area (Å²) >= 11 is 0. The van der Waals surface area contributed by atoms with Gasteiger partial charge < -0.3 is 5.32 Å². The summed E-state index contributed by atoms with van der Waals surface area (Å²) in [5.41, 5.74) is 0.857. The highest BCUT2D eigenvalue weighted by Crippen LogP contribution is 2.42. The van der Waals surface area contributed by atoms with Crippen molar-refractivity contribution < 1.29 is 13.6 Å². The van der Waals surface area contributed by atoms with Crippen LogP contribution in [0.3, 0.4) is 0 Å². The van der Waals surface area contributed by atoms with E-state index in [0.717, 1.165) is 18.4 Å². The Hall–Kier alpha value is -3.15. The maximum absolute atomic E-state index is 13.9. The van der Waals surface area contributed by atoms with Gasteiger partial charge in [-0.25, -0.2) is 8.78 Å². The van der Waals surface area contributed by atoms with Gasteiger partial charge in [0.15, 0.2) is 5.82 Å². The van der Waals surface area contributed by atoms with Crippen LogP contribution >= 0.6 is 0 Å². The molecular formula is C22H19F2N3O. The molecule has 4 rings (SSSR count). The first-order valence-electron chi connectivity index (χ1n) is 9.25. The number of hydrogen-bond acceptors (Lipinski definition) is 3. The Bertz CT molecular complexity index is 981. The third-order valence-corrected chi connectivity index (χ3v) is 5.34. The predicted molar refractivity (Wildman–Crippen MR) is 103 cm³/mol. The number of anilines is 1. The Balaban J connectivity index is 1.57. The zero-order valence-corrected chi connectivity index (χ0v) is 15.2. The minimum absolute atomic E-state index is 0.176. The van der Waals surface area contributed by atoms with Crippen molar-refractivity contribution >= 4 is 11.7 Å². The first-order valence-corrected chi connectivity index (χ1v) is 9.25. The van der Waals surface area contributed by atoms with E-state index in [-0.39, 0.29) is 17.5 Å². The van der Waals surface area contributed by atoms with Crippen molar-refractivity contribution in [3.05, 3.63) is 77.9 Å². The highest BCUT2D eigenvalue weighted by molar-refractivity contribution is 5.98. The van der Waals surface area contributed by atoms with E-state index in [0.29, 0.717) is 29.9 Å². The Morgan fingerprint density at radius 1 is 0.893 bits per heavy atom. The number of aromatic nitrogens is 2. The Morgan fingerprint density at radius 2 is 1.61 bits per heavy atom. The minimum Gasteiger partial charge on any atom is -0.308 e. The molecule has 1 fully saturated rings. The lowest BCUT2D eigenvalue weighted by atomic mass is 9.78. The molecule has 2 aromatic carbocycles. The highest BCUT2D eigenvalue weighted by atomic mass is 19.1. The summed E-state index contributed by atoms with van der Waals surface area (Å²) < 4.78 is 27.2. The second-order valence-corrected chi connectivity index (χ2v) is 7.03. The molecule has 0 spiro atoms. The quantitative estimate of drug-likeness (QED) is 0.703. The number of carbonyl (C=O) groups is 1. The van der Waals surface area contributed by atoms with Gasteiger partial charge in [-0.2, -0.15) is 0 Å². The highest BCUT2D eigenvalue weighted by Gasteiger charge is 2.42. The predicted octanol–water partition coefficient (Wildman–Crippen LogP) is 4.87. The zero-order chi connectivity index (χ0) is 19.6. The van der Waals surface area contributed by atoms with Crippen LogP contribution in [0.4, 0.5) is 14.6 Å². The zero-order valence-electron chi connectivity index (χ0n) is 15.2. The van der Waals surface area contributed by atoms with Crippen LogP contribution < -0.4 is 5.32 Å². The van der Waals surface area contributed by atoms with Crippen LogP contribution in [-0.2, 0) is 10.2 Å². The second-order valence-electron chi connectivity index (χ2n) is 7.03. The van der Waals surface area contributed by atoms with E-state index in [1.807, 2.05) is 0 Å². The Morgan fingerprint density at radius 3 is 2.25 bits per heavy atom. The number of nitrogens with zero attached hydrogens (tertiary/aromatic N) is 2. The first-order chi connectivity index (χ1) is 13.6. The van der Waals surface area contributed by atoms with Gasteiger partial charge in [-0.05, 0) is 54.8 Å². The minimum atomic E-state index is -0.695. The number of benzene rings is 2. The number of carbonyl (C=O) groups excluding carboxylic acids is 1. The van der Waals surface area contributed by atoms with Crippen LogP contribution in [0.25, 0.3) is 11.3 Å². The van der Waals surface area contributed by atoms with Crippen molar-refractivity contribution in [2.24, 2.45) is 0 Å². The van der Waals surface area contributed by atoms with Gasteiger partial charge in [0.05, 0.1) is 11.1 Å². The van der Waals surface area contributed by atoms with Crippen LogP contribution in [0.5, 0.6) is 0 Å². The molecule has 1 heterocycles. The lowest BCUT2D eigenvalue weighted by Crippen LogP contribution is -2.38. The standard InChI is InChI=1S/C22H19F2N3O/c23-16-9-7-15(8-10-16)22(13-3-4-14-22)21(28)25-20-12-11-19(26-27-20)17-5-1-2-6-18(17)24/h1-2,5-12H,3-4,13-14H2,(H,25,27,28). The fourth-order valence-corrected chi connectivity index (χ4v) is 3.84. The van der Waals surface area contributed by atoms with Crippen LogP contribution in [-0.4, -0.2) is 16.1 Å². The fourth-order valence-electron chi connectivity index (χ4n) is 3.84. The third-order valence-electron chi connectivity index (χ3n) is 5.34. The summed E-state index contributed by atoms with van der Waals surface area (Å²) in [6.07, 6.45) is 3.27. The van der Waals surface area contributed by atoms with Crippen LogP contribution in [0.2, 0.25) is 0 Å². The summed E-state index contributed by atoms with van der Waals surface area (Å²) in [5.74, 6) is -0.579. The van der Waals surface area contributed by atoms with E-state index in [2.05, 4.69) is 15.5 Å². The summed E-state index contributed by atoms with van der Waals surface area (Å²) in [6.45, 7) is 0. The van der Waals surface area contributed by atoms with E-state index in [1.54, 1.807) is 42.5 Å². The molecule has 0 unspecified atom stereocenters. The number of amides is 1. The summed E-state index contributed by atoms with van der Waals surface area (Å²) in [5, 5.41) is 10.9. The van der Waals surface area contributed by atoms with Gasteiger partial charge in [-0.1, -0.05) is 37.1 Å². The van der Waals surface area contributed by atoms with Gasteiger partial charge in [-0.3, -0.25) is 4.79 Å². The number of rotatable bonds is 4. The molecule has 0 bridgehead atoms. The average molecular weight is 379 g/mol. The molecule has 1 amide bonds. The van der Waals surface area contributed by atoms with Crippen molar-refractivity contribution in [1.82, 2.24) is 10.2 Å². The van der Waals surface area contributed by atoms with E-state index < -0.39 is 5.41 Å². The number of nitrogens with one attached hydrogen (secondary N) is 1. The van der Waals surface area contributed by atoms with E-state index in [4.69, 9.17) is 0 Å². The van der Waals surface area contributed by atoms with Gasteiger partial charge in [-0.15, -0.1) is 10.2 Å². The van der Waals surface area contributed by atoms with Gasteiger partial charge in [0.25, 0.3) is 0 Å². The maximum atomic E-state index is 13.9. The molecular weight excluding hydrogens is 360 g/mol. The van der Waals surface area contributed by atoms with E-state index in [1.165, 1.54) is 18.2 Å². The molecule has 28 heavy (non-hydrogen) atoms. The van der Waals surface area contributed by atoms with Crippen molar-refractivity contribution in [3.8, 4) is 11.3 Å². The largest absolute Gasteiger partial charge is 0.308 e. The van der Waals surface area contributed by atoms with Gasteiger partial charge in [0.2, 0.25) is 5.91 Å². The van der Waals surface area contributed by atoms with Crippen molar-refractivity contribution in [3.63, 3.8) is 0 Å². The SMILES string of the molecule is O=C(Nc1ccc(-c2ccccc2F)nn1)C1(c2ccc(F)cc2)CCCC1. The first kappa shape index (κ1) is 18.2. The normalized spacial score (nSPS) is 15.4. The monoisotopic (exact) mass is 379 g/mol. The summed E-state index contributed by atoms with van der Waals surface area (Å²) in [4.78, 5) is 13.1.